The Morgan fingerprint density at radius 3 is 2.38 bits per heavy atom. The molecule has 0 spiro atoms. The van der Waals surface area contributed by atoms with E-state index in [0.717, 1.165) is 50.1 Å². The SMILES string of the molecule is Cc1cc2oc3c(-c4nc5ccccc5n4-c4c(C(C)C)cc5ccccc5c4C(C)C)ccc(C)c3c2cn1. The second kappa shape index (κ2) is 9.06. The molecule has 3 aromatic heterocycles. The number of nitrogens with zero attached hydrogens (tertiary/aromatic N) is 3. The Bertz CT molecular complexity index is 2090. The topological polar surface area (TPSA) is 43.9 Å². The number of rotatable bonds is 4. The van der Waals surface area contributed by atoms with E-state index in [2.05, 4.69) is 111 Å². The van der Waals surface area contributed by atoms with Crippen LogP contribution in [0.25, 0.3) is 60.8 Å². The third-order valence-electron chi connectivity index (χ3n) is 8.17. The molecule has 0 aliphatic carbocycles. The standard InChI is InChI=1S/C36H33N3O/c1-20(2)27-18-24-11-7-8-12-25(24)32(21(3)4)34(27)39-30-14-10-9-13-29(30)38-36(39)26-16-15-22(5)33-28-19-37-23(6)17-31(28)40-35(26)33/h7-21H,1-6H3. The molecule has 0 saturated carbocycles. The molecule has 0 unspecified atom stereocenters. The molecule has 0 aliphatic heterocycles. The summed E-state index contributed by atoms with van der Waals surface area (Å²) in [4.78, 5) is 9.88. The fourth-order valence-corrected chi connectivity index (χ4v) is 6.31. The Kier molecular flexibility index (Phi) is 5.57. The van der Waals surface area contributed by atoms with Crippen LogP contribution in [-0.2, 0) is 0 Å². The largest absolute Gasteiger partial charge is 0.455 e. The molecule has 40 heavy (non-hydrogen) atoms. The van der Waals surface area contributed by atoms with Crippen LogP contribution in [0.4, 0.5) is 0 Å². The summed E-state index contributed by atoms with van der Waals surface area (Å²) < 4.78 is 9.01. The van der Waals surface area contributed by atoms with E-state index in [1.807, 2.05) is 19.2 Å². The Morgan fingerprint density at radius 2 is 1.57 bits per heavy atom. The fourth-order valence-electron chi connectivity index (χ4n) is 6.31. The number of benzene rings is 4. The summed E-state index contributed by atoms with van der Waals surface area (Å²) in [6.07, 6.45) is 1.94. The predicted molar refractivity (Wildman–Crippen MR) is 167 cm³/mol. The van der Waals surface area contributed by atoms with Crippen molar-refractivity contribution in [2.45, 2.75) is 53.4 Å². The summed E-state index contributed by atoms with van der Waals surface area (Å²) in [7, 11) is 0. The normalized spacial score (nSPS) is 12.2. The minimum absolute atomic E-state index is 0.311. The second-order valence-electron chi connectivity index (χ2n) is 11.6. The molecule has 0 N–H and O–H groups in total. The van der Waals surface area contributed by atoms with Crippen LogP contribution in [0.5, 0.6) is 0 Å². The summed E-state index contributed by atoms with van der Waals surface area (Å²) in [5.41, 5.74) is 10.8. The Labute approximate surface area is 234 Å². The number of imidazole rings is 1. The third kappa shape index (κ3) is 3.59. The zero-order chi connectivity index (χ0) is 27.7. The maximum Gasteiger partial charge on any atom is 0.149 e. The first-order valence-corrected chi connectivity index (χ1v) is 14.2. The van der Waals surface area contributed by atoms with Gasteiger partial charge in [0.2, 0.25) is 0 Å². The van der Waals surface area contributed by atoms with Gasteiger partial charge in [0, 0.05) is 28.7 Å². The van der Waals surface area contributed by atoms with Crippen LogP contribution in [-0.4, -0.2) is 14.5 Å². The molecule has 7 aromatic rings. The number of aromatic nitrogens is 3. The number of fused-ring (bicyclic) bond motifs is 5. The van der Waals surface area contributed by atoms with Crippen LogP contribution in [0.1, 0.15) is 61.9 Å². The average Bonchev–Trinajstić information content (AvgIpc) is 3.50. The van der Waals surface area contributed by atoms with Crippen LogP contribution in [0.3, 0.4) is 0 Å². The lowest BCUT2D eigenvalue weighted by molar-refractivity contribution is 0.668. The van der Waals surface area contributed by atoms with Gasteiger partial charge in [-0.3, -0.25) is 9.55 Å². The van der Waals surface area contributed by atoms with Gasteiger partial charge in [-0.2, -0.15) is 0 Å². The van der Waals surface area contributed by atoms with E-state index < -0.39 is 0 Å². The van der Waals surface area contributed by atoms with Gasteiger partial charge in [0.25, 0.3) is 0 Å². The minimum Gasteiger partial charge on any atom is -0.455 e. The van der Waals surface area contributed by atoms with Gasteiger partial charge in [-0.1, -0.05) is 70.2 Å². The van der Waals surface area contributed by atoms with Crippen molar-refractivity contribution < 1.29 is 4.42 Å². The maximum atomic E-state index is 6.62. The molecule has 0 bridgehead atoms. The molecular weight excluding hydrogens is 490 g/mol. The highest BCUT2D eigenvalue weighted by Crippen LogP contribution is 2.43. The van der Waals surface area contributed by atoms with E-state index in [0.29, 0.717) is 11.8 Å². The number of furan rings is 1. The first-order chi connectivity index (χ1) is 19.3. The van der Waals surface area contributed by atoms with E-state index in [-0.39, 0.29) is 0 Å². The number of hydrogen-bond donors (Lipinski definition) is 0. The number of hydrogen-bond acceptors (Lipinski definition) is 3. The zero-order valence-electron chi connectivity index (χ0n) is 23.9. The van der Waals surface area contributed by atoms with Gasteiger partial charge in [0.15, 0.2) is 0 Å². The Morgan fingerprint density at radius 1 is 0.800 bits per heavy atom. The lowest BCUT2D eigenvalue weighted by Crippen LogP contribution is -2.09. The second-order valence-corrected chi connectivity index (χ2v) is 11.6. The average molecular weight is 524 g/mol. The summed E-state index contributed by atoms with van der Waals surface area (Å²) >= 11 is 0. The van der Waals surface area contributed by atoms with Gasteiger partial charge < -0.3 is 4.42 Å². The van der Waals surface area contributed by atoms with Crippen molar-refractivity contribution in [1.29, 1.82) is 0 Å². The summed E-state index contributed by atoms with van der Waals surface area (Å²) in [5, 5.41) is 4.71. The summed E-state index contributed by atoms with van der Waals surface area (Å²) in [6, 6.07) is 26.0. The molecular formula is C36H33N3O. The molecule has 0 aliphatic rings. The van der Waals surface area contributed by atoms with Gasteiger partial charge in [-0.05, 0) is 77.4 Å². The first kappa shape index (κ1) is 24.6. The molecule has 4 heteroatoms. The van der Waals surface area contributed by atoms with E-state index in [9.17, 15) is 0 Å². The molecule has 198 valence electrons. The molecule has 0 fully saturated rings. The summed E-state index contributed by atoms with van der Waals surface area (Å²) in [5.74, 6) is 1.53. The van der Waals surface area contributed by atoms with Crippen molar-refractivity contribution in [3.05, 3.63) is 101 Å². The smallest absolute Gasteiger partial charge is 0.149 e. The Hall–Kier alpha value is -4.44. The molecule has 0 atom stereocenters. The highest BCUT2D eigenvalue weighted by molar-refractivity contribution is 6.11. The van der Waals surface area contributed by atoms with Crippen molar-refractivity contribution in [2.75, 3.05) is 0 Å². The lowest BCUT2D eigenvalue weighted by atomic mass is 9.87. The summed E-state index contributed by atoms with van der Waals surface area (Å²) in [6.45, 7) is 13.3. The highest BCUT2D eigenvalue weighted by atomic mass is 16.3. The van der Waals surface area contributed by atoms with E-state index >= 15 is 0 Å². The number of pyridine rings is 1. The number of aryl methyl sites for hydroxylation is 2. The molecule has 7 rings (SSSR count). The minimum atomic E-state index is 0.311. The van der Waals surface area contributed by atoms with Crippen LogP contribution < -0.4 is 0 Å². The van der Waals surface area contributed by atoms with Crippen LogP contribution in [0.2, 0.25) is 0 Å². The molecule has 0 amide bonds. The zero-order valence-corrected chi connectivity index (χ0v) is 23.9. The third-order valence-corrected chi connectivity index (χ3v) is 8.17. The molecule has 4 aromatic carbocycles. The predicted octanol–water partition coefficient (Wildman–Crippen LogP) is 10.0. The number of para-hydroxylation sites is 2. The van der Waals surface area contributed by atoms with Gasteiger partial charge >= 0.3 is 0 Å². The van der Waals surface area contributed by atoms with Gasteiger partial charge in [0.1, 0.15) is 17.0 Å². The van der Waals surface area contributed by atoms with Crippen molar-refractivity contribution in [3.63, 3.8) is 0 Å². The molecule has 4 nitrogen and oxygen atoms in total. The lowest BCUT2D eigenvalue weighted by Gasteiger charge is -2.25. The monoisotopic (exact) mass is 523 g/mol. The quantitative estimate of drug-likeness (QED) is 0.230. The van der Waals surface area contributed by atoms with E-state index in [4.69, 9.17) is 9.40 Å². The van der Waals surface area contributed by atoms with Crippen molar-refractivity contribution in [3.8, 4) is 17.1 Å². The highest BCUT2D eigenvalue weighted by Gasteiger charge is 2.26. The Balaban J connectivity index is 1.67. The fraction of sp³-hybridized carbons (Fsp3) is 0.222. The first-order valence-electron chi connectivity index (χ1n) is 14.2. The van der Waals surface area contributed by atoms with E-state index in [1.54, 1.807) is 0 Å². The molecule has 0 radical (unpaired) electrons. The van der Waals surface area contributed by atoms with Gasteiger partial charge in [-0.25, -0.2) is 4.98 Å². The van der Waals surface area contributed by atoms with Crippen LogP contribution >= 0.6 is 0 Å². The van der Waals surface area contributed by atoms with Gasteiger partial charge in [-0.15, -0.1) is 0 Å². The van der Waals surface area contributed by atoms with Crippen molar-refractivity contribution in [1.82, 2.24) is 14.5 Å². The molecule has 0 saturated heterocycles. The van der Waals surface area contributed by atoms with Crippen molar-refractivity contribution >= 4 is 43.7 Å². The van der Waals surface area contributed by atoms with E-state index in [1.165, 1.54) is 33.2 Å². The maximum absolute atomic E-state index is 6.62. The molecule has 3 heterocycles. The van der Waals surface area contributed by atoms with Crippen molar-refractivity contribution in [2.24, 2.45) is 0 Å². The van der Waals surface area contributed by atoms with Crippen LogP contribution in [0, 0.1) is 13.8 Å². The van der Waals surface area contributed by atoms with Gasteiger partial charge in [0.05, 0.1) is 22.3 Å². The van der Waals surface area contributed by atoms with Crippen LogP contribution in [0.15, 0.2) is 83.4 Å².